The fourth-order valence-corrected chi connectivity index (χ4v) is 3.48. The number of aromatic nitrogens is 2. The van der Waals surface area contributed by atoms with E-state index in [0.717, 1.165) is 0 Å². The van der Waals surface area contributed by atoms with Crippen LogP contribution in [-0.4, -0.2) is 46.9 Å². The summed E-state index contributed by atoms with van der Waals surface area (Å²) in [6.45, 7) is 2.12. The second-order valence-electron chi connectivity index (χ2n) is 4.96. The maximum absolute atomic E-state index is 12.2. The van der Waals surface area contributed by atoms with E-state index < -0.39 is 22.1 Å². The number of piperidine rings is 1. The van der Waals surface area contributed by atoms with Crippen molar-refractivity contribution in [3.8, 4) is 0 Å². The quantitative estimate of drug-likeness (QED) is 0.786. The molecular weight excluding hydrogens is 296 g/mol. The molecule has 1 saturated heterocycles. The number of carbonyl (C=O) groups is 1. The first-order valence-corrected chi connectivity index (χ1v) is 8.08. The lowest BCUT2D eigenvalue weighted by Crippen LogP contribution is -2.47. The summed E-state index contributed by atoms with van der Waals surface area (Å²) in [5.41, 5.74) is 0.567. The van der Waals surface area contributed by atoms with Crippen molar-refractivity contribution in [2.75, 3.05) is 13.1 Å². The second kappa shape index (κ2) is 6.46. The summed E-state index contributed by atoms with van der Waals surface area (Å²) in [5, 5.41) is 9.00. The van der Waals surface area contributed by atoms with Crippen LogP contribution in [0, 0.1) is 12.8 Å². The number of carboxylic acid groups (broad SMARTS) is 1. The van der Waals surface area contributed by atoms with Crippen LogP contribution in [0.1, 0.15) is 24.4 Å². The molecule has 21 heavy (non-hydrogen) atoms. The Balaban J connectivity index is 1.99. The molecule has 2 N–H and O–H groups in total. The van der Waals surface area contributed by atoms with Gasteiger partial charge in [-0.2, -0.15) is 17.4 Å². The van der Waals surface area contributed by atoms with E-state index in [9.17, 15) is 13.2 Å². The largest absolute Gasteiger partial charge is 0.481 e. The van der Waals surface area contributed by atoms with Gasteiger partial charge in [-0.1, -0.05) is 0 Å². The Labute approximate surface area is 123 Å². The summed E-state index contributed by atoms with van der Waals surface area (Å²) in [5.74, 6) is -1.03. The molecule has 1 aromatic heterocycles. The monoisotopic (exact) mass is 314 g/mol. The molecule has 9 heteroatoms. The first-order chi connectivity index (χ1) is 9.88. The van der Waals surface area contributed by atoms with Crippen LogP contribution in [0.4, 0.5) is 0 Å². The van der Waals surface area contributed by atoms with Gasteiger partial charge in [0.25, 0.3) is 10.2 Å². The van der Waals surface area contributed by atoms with Crippen LogP contribution in [-0.2, 0) is 21.5 Å². The van der Waals surface area contributed by atoms with E-state index in [4.69, 9.17) is 5.11 Å². The predicted octanol–water partition coefficient (Wildman–Crippen LogP) is -0.0840. The standard InChI is InChI=1S/C12H18N4O4S/c1-9-13-5-4-11(15-9)7-14-21(19,20)16-6-2-3-10(8-16)12(17)18/h4-5,10,14H,2-3,6-8H2,1H3,(H,17,18). The fourth-order valence-electron chi connectivity index (χ4n) is 2.22. The Morgan fingerprint density at radius 2 is 2.33 bits per heavy atom. The van der Waals surface area contributed by atoms with E-state index in [-0.39, 0.29) is 13.1 Å². The van der Waals surface area contributed by atoms with Crippen LogP contribution in [0.15, 0.2) is 12.3 Å². The number of aliphatic carboxylic acids is 1. The Morgan fingerprint density at radius 1 is 1.57 bits per heavy atom. The highest BCUT2D eigenvalue weighted by molar-refractivity contribution is 7.87. The van der Waals surface area contributed by atoms with Crippen LogP contribution < -0.4 is 4.72 Å². The summed E-state index contributed by atoms with van der Waals surface area (Å²) in [6, 6.07) is 1.63. The third-order valence-electron chi connectivity index (χ3n) is 3.34. The SMILES string of the molecule is Cc1nccc(CNS(=O)(=O)N2CCCC(C(=O)O)C2)n1. The van der Waals surface area contributed by atoms with Gasteiger partial charge >= 0.3 is 5.97 Å². The molecule has 0 bridgehead atoms. The predicted molar refractivity (Wildman–Crippen MR) is 74.5 cm³/mol. The lowest BCUT2D eigenvalue weighted by molar-refractivity contribution is -0.142. The fraction of sp³-hybridized carbons (Fsp3) is 0.583. The number of nitrogens with zero attached hydrogens (tertiary/aromatic N) is 3. The minimum atomic E-state index is -3.70. The molecule has 1 aliphatic rings. The number of rotatable bonds is 5. The maximum atomic E-state index is 12.2. The highest BCUT2D eigenvalue weighted by Crippen LogP contribution is 2.18. The molecule has 1 aromatic rings. The summed E-state index contributed by atoms with van der Waals surface area (Å²) in [4.78, 5) is 19.0. The molecule has 0 amide bonds. The minimum Gasteiger partial charge on any atom is -0.481 e. The average Bonchev–Trinajstić information content (AvgIpc) is 2.45. The summed E-state index contributed by atoms with van der Waals surface area (Å²) >= 11 is 0. The molecule has 1 fully saturated rings. The van der Waals surface area contributed by atoms with E-state index in [1.807, 2.05) is 0 Å². The average molecular weight is 314 g/mol. The van der Waals surface area contributed by atoms with Crippen molar-refractivity contribution in [3.63, 3.8) is 0 Å². The summed E-state index contributed by atoms with van der Waals surface area (Å²) < 4.78 is 28.0. The van der Waals surface area contributed by atoms with Gasteiger partial charge in [-0.15, -0.1) is 0 Å². The number of nitrogens with one attached hydrogen (secondary N) is 1. The van der Waals surface area contributed by atoms with Gasteiger partial charge in [0.15, 0.2) is 0 Å². The van der Waals surface area contributed by atoms with Crippen molar-refractivity contribution >= 4 is 16.2 Å². The van der Waals surface area contributed by atoms with Crippen LogP contribution in [0.25, 0.3) is 0 Å². The first kappa shape index (κ1) is 15.8. The number of carboxylic acids is 1. The Hall–Kier alpha value is -1.58. The van der Waals surface area contributed by atoms with E-state index in [2.05, 4.69) is 14.7 Å². The maximum Gasteiger partial charge on any atom is 0.307 e. The number of hydrogen-bond donors (Lipinski definition) is 2. The van der Waals surface area contributed by atoms with Crippen molar-refractivity contribution < 1.29 is 18.3 Å². The van der Waals surface area contributed by atoms with Gasteiger partial charge in [-0.25, -0.2) is 9.97 Å². The van der Waals surface area contributed by atoms with Gasteiger partial charge in [0.1, 0.15) is 5.82 Å². The van der Waals surface area contributed by atoms with Gasteiger partial charge in [-0.3, -0.25) is 4.79 Å². The number of aryl methyl sites for hydroxylation is 1. The van der Waals surface area contributed by atoms with Crippen molar-refractivity contribution in [1.82, 2.24) is 19.0 Å². The highest BCUT2D eigenvalue weighted by atomic mass is 32.2. The summed E-state index contributed by atoms with van der Waals surface area (Å²) in [6.07, 6.45) is 2.62. The first-order valence-electron chi connectivity index (χ1n) is 6.64. The molecule has 0 saturated carbocycles. The Morgan fingerprint density at radius 3 is 3.00 bits per heavy atom. The van der Waals surface area contributed by atoms with Gasteiger partial charge in [0, 0.05) is 19.3 Å². The van der Waals surface area contributed by atoms with E-state index in [0.29, 0.717) is 30.9 Å². The lowest BCUT2D eigenvalue weighted by Gasteiger charge is -2.29. The minimum absolute atomic E-state index is 0.00741. The molecule has 0 spiro atoms. The normalized spacial score (nSPS) is 20.3. The molecule has 0 aromatic carbocycles. The highest BCUT2D eigenvalue weighted by Gasteiger charge is 2.32. The second-order valence-corrected chi connectivity index (χ2v) is 6.71. The molecule has 0 aliphatic carbocycles. The van der Waals surface area contributed by atoms with Gasteiger partial charge in [0.05, 0.1) is 18.2 Å². The molecule has 2 rings (SSSR count). The molecular formula is C12H18N4O4S. The van der Waals surface area contributed by atoms with E-state index >= 15 is 0 Å². The Kier molecular flexibility index (Phi) is 4.86. The van der Waals surface area contributed by atoms with Gasteiger partial charge in [-0.05, 0) is 25.8 Å². The van der Waals surface area contributed by atoms with Crippen LogP contribution >= 0.6 is 0 Å². The van der Waals surface area contributed by atoms with Crippen molar-refractivity contribution in [2.24, 2.45) is 5.92 Å². The molecule has 116 valence electrons. The van der Waals surface area contributed by atoms with Crippen molar-refractivity contribution in [2.45, 2.75) is 26.3 Å². The molecule has 2 heterocycles. The van der Waals surface area contributed by atoms with Gasteiger partial charge < -0.3 is 5.11 Å². The Bertz CT molecular complexity index is 619. The van der Waals surface area contributed by atoms with E-state index in [1.165, 1.54) is 4.31 Å². The van der Waals surface area contributed by atoms with Crippen LogP contribution in [0.3, 0.4) is 0 Å². The topological polar surface area (TPSA) is 112 Å². The summed E-state index contributed by atoms with van der Waals surface area (Å²) in [7, 11) is -3.70. The third kappa shape index (κ3) is 4.19. The zero-order valence-corrected chi connectivity index (χ0v) is 12.5. The van der Waals surface area contributed by atoms with Crippen molar-refractivity contribution in [1.29, 1.82) is 0 Å². The molecule has 1 aliphatic heterocycles. The van der Waals surface area contributed by atoms with E-state index in [1.54, 1.807) is 19.2 Å². The zero-order chi connectivity index (χ0) is 15.5. The van der Waals surface area contributed by atoms with Crippen LogP contribution in [0.2, 0.25) is 0 Å². The number of hydrogen-bond acceptors (Lipinski definition) is 5. The molecule has 0 radical (unpaired) electrons. The van der Waals surface area contributed by atoms with Crippen LogP contribution in [0.5, 0.6) is 0 Å². The zero-order valence-electron chi connectivity index (χ0n) is 11.7. The molecule has 8 nitrogen and oxygen atoms in total. The smallest absolute Gasteiger partial charge is 0.307 e. The molecule has 1 unspecified atom stereocenters. The van der Waals surface area contributed by atoms with Gasteiger partial charge in [0.2, 0.25) is 0 Å². The van der Waals surface area contributed by atoms with Crippen molar-refractivity contribution in [3.05, 3.63) is 23.8 Å². The lowest BCUT2D eigenvalue weighted by atomic mass is 10.0. The molecule has 1 atom stereocenters. The third-order valence-corrected chi connectivity index (χ3v) is 4.86.